The molecule has 102 valence electrons. The monoisotopic (exact) mass is 246 g/mol. The molecule has 0 aromatic carbocycles. The molecule has 1 saturated carbocycles. The fraction of sp³-hybridized carbons (Fsp3) is 0.556. The molecule has 1 aliphatic carbocycles. The third-order valence-corrected chi connectivity index (χ3v) is 3.96. The van der Waals surface area contributed by atoms with Crippen molar-refractivity contribution in [3.63, 3.8) is 0 Å². The molecule has 0 bridgehead atoms. The maximum absolute atomic E-state index is 4.27. The maximum atomic E-state index is 4.27. The molecule has 0 aromatic heterocycles. The fourth-order valence-corrected chi connectivity index (χ4v) is 3.09. The molecule has 0 heterocycles. The first-order valence-corrected chi connectivity index (χ1v) is 6.71. The molecule has 0 radical (unpaired) electrons. The van der Waals surface area contributed by atoms with Crippen LogP contribution < -0.4 is 0 Å². The van der Waals surface area contributed by atoms with Crippen molar-refractivity contribution < 1.29 is 0 Å². The molecule has 0 saturated heterocycles. The lowest BCUT2D eigenvalue weighted by Gasteiger charge is -2.40. The van der Waals surface area contributed by atoms with Gasteiger partial charge in [0, 0.05) is 5.41 Å². The fourth-order valence-electron chi connectivity index (χ4n) is 3.09. The number of hydrogen-bond donors (Lipinski definition) is 0. The van der Waals surface area contributed by atoms with E-state index in [-0.39, 0.29) is 12.8 Å². The van der Waals surface area contributed by atoms with E-state index in [1.165, 1.54) is 48.8 Å². The van der Waals surface area contributed by atoms with E-state index in [9.17, 15) is 0 Å². The van der Waals surface area contributed by atoms with Crippen molar-refractivity contribution in [3.8, 4) is 0 Å². The number of allylic oxidation sites excluding steroid dienone is 6. The van der Waals surface area contributed by atoms with E-state index in [1.807, 2.05) is 6.08 Å². The molecule has 18 heavy (non-hydrogen) atoms. The van der Waals surface area contributed by atoms with Crippen LogP contribution in [0.1, 0.15) is 60.3 Å². The molecule has 0 heteroatoms. The maximum Gasteiger partial charge on any atom is 0.0196 e. The summed E-state index contributed by atoms with van der Waals surface area (Å²) in [5.41, 5.74) is 4.23. The highest BCUT2D eigenvalue weighted by Gasteiger charge is 2.36. The molecule has 0 aromatic rings. The highest BCUT2D eigenvalue weighted by molar-refractivity contribution is 5.42. The molecule has 0 amide bonds. The molecule has 0 spiro atoms. The Hall–Kier alpha value is -1.04. The molecule has 1 aliphatic rings. The zero-order valence-corrected chi connectivity index (χ0v) is 11.7. The molecule has 0 nitrogen and oxygen atoms in total. The van der Waals surface area contributed by atoms with Crippen LogP contribution in [0.3, 0.4) is 0 Å². The Balaban J connectivity index is 0.00000289. The van der Waals surface area contributed by atoms with Gasteiger partial charge < -0.3 is 0 Å². The van der Waals surface area contributed by atoms with E-state index in [2.05, 4.69) is 46.1 Å². The third kappa shape index (κ3) is 3.25. The Bertz CT molecular complexity index is 342. The lowest BCUT2D eigenvalue weighted by Crippen LogP contribution is -2.28. The summed E-state index contributed by atoms with van der Waals surface area (Å²) in [7, 11) is 0. The second-order valence-electron chi connectivity index (χ2n) is 5.29. The van der Waals surface area contributed by atoms with Gasteiger partial charge in [0.2, 0.25) is 0 Å². The minimum atomic E-state index is 0. The molecule has 1 rings (SSSR count). The first kappa shape index (κ1) is 17.0. The van der Waals surface area contributed by atoms with Crippen LogP contribution in [0.5, 0.6) is 0 Å². The zero-order valence-electron chi connectivity index (χ0n) is 11.7. The summed E-state index contributed by atoms with van der Waals surface area (Å²) in [5, 5.41) is 0. The standard InChI is InChI=1S/C17H26.CH4/c1-6-11-16(14(3)4)17(15(5)7-2)12-9-8-10-13-17;/h6-7,11H,2,5,8-10,12-13H2,1,3-4H3;1H4/b11-6-;. The average molecular weight is 246 g/mol. The molecular formula is C18H30. The lowest BCUT2D eigenvalue weighted by atomic mass is 9.64. The number of hydrogen-bond acceptors (Lipinski definition) is 0. The van der Waals surface area contributed by atoms with Crippen molar-refractivity contribution in [3.05, 3.63) is 48.1 Å². The molecule has 0 unspecified atom stereocenters. The largest absolute Gasteiger partial charge is 0.0988 e. The van der Waals surface area contributed by atoms with E-state index in [4.69, 9.17) is 0 Å². The molecular weight excluding hydrogens is 216 g/mol. The van der Waals surface area contributed by atoms with Crippen LogP contribution in [-0.2, 0) is 0 Å². The predicted molar refractivity (Wildman–Crippen MR) is 84.8 cm³/mol. The summed E-state index contributed by atoms with van der Waals surface area (Å²) in [6.45, 7) is 14.7. The van der Waals surface area contributed by atoms with Crippen molar-refractivity contribution >= 4 is 0 Å². The SMILES string of the molecule is C.C=CC(=C)C1(C(/C=C\C)=C(C)C)CCCCC1. The second-order valence-corrected chi connectivity index (χ2v) is 5.29. The van der Waals surface area contributed by atoms with Crippen LogP contribution in [0.25, 0.3) is 0 Å². The first-order valence-electron chi connectivity index (χ1n) is 6.71. The van der Waals surface area contributed by atoms with Gasteiger partial charge in [0.05, 0.1) is 0 Å². The quantitative estimate of drug-likeness (QED) is 0.516. The lowest BCUT2D eigenvalue weighted by molar-refractivity contribution is 0.299. The molecule has 0 atom stereocenters. The summed E-state index contributed by atoms with van der Waals surface area (Å²) in [4.78, 5) is 0. The average Bonchev–Trinajstić information content (AvgIpc) is 2.35. The van der Waals surface area contributed by atoms with Crippen molar-refractivity contribution in [2.24, 2.45) is 5.41 Å². The van der Waals surface area contributed by atoms with E-state index in [1.54, 1.807) is 0 Å². The minimum Gasteiger partial charge on any atom is -0.0988 e. The van der Waals surface area contributed by atoms with Crippen LogP contribution >= 0.6 is 0 Å². The van der Waals surface area contributed by atoms with Gasteiger partial charge in [-0.05, 0) is 44.8 Å². The minimum absolute atomic E-state index is 0. The summed E-state index contributed by atoms with van der Waals surface area (Å²) in [6.07, 6.45) is 12.8. The van der Waals surface area contributed by atoms with Gasteiger partial charge in [-0.25, -0.2) is 0 Å². The van der Waals surface area contributed by atoms with E-state index in [0.29, 0.717) is 0 Å². The van der Waals surface area contributed by atoms with Gasteiger partial charge in [0.25, 0.3) is 0 Å². The van der Waals surface area contributed by atoms with E-state index in [0.717, 1.165) is 0 Å². The van der Waals surface area contributed by atoms with Gasteiger partial charge >= 0.3 is 0 Å². The molecule has 0 N–H and O–H groups in total. The second kappa shape index (κ2) is 7.41. The summed E-state index contributed by atoms with van der Waals surface area (Å²) >= 11 is 0. The Labute approximate surface area is 114 Å². The van der Waals surface area contributed by atoms with Gasteiger partial charge in [-0.3, -0.25) is 0 Å². The topological polar surface area (TPSA) is 0 Å². The predicted octanol–water partition coefficient (Wildman–Crippen LogP) is 6.23. The molecule has 1 fully saturated rings. The van der Waals surface area contributed by atoms with Gasteiger partial charge in [0.15, 0.2) is 0 Å². The highest BCUT2D eigenvalue weighted by Crippen LogP contribution is 2.49. The van der Waals surface area contributed by atoms with Crippen LogP contribution in [0.2, 0.25) is 0 Å². The van der Waals surface area contributed by atoms with Crippen molar-refractivity contribution in [1.29, 1.82) is 0 Å². The van der Waals surface area contributed by atoms with Gasteiger partial charge in [-0.2, -0.15) is 0 Å². The summed E-state index contributed by atoms with van der Waals surface area (Å²) < 4.78 is 0. The summed E-state index contributed by atoms with van der Waals surface area (Å²) in [6, 6.07) is 0. The normalized spacial score (nSPS) is 17.9. The first-order chi connectivity index (χ1) is 8.08. The van der Waals surface area contributed by atoms with E-state index < -0.39 is 0 Å². The zero-order chi connectivity index (χ0) is 12.9. The van der Waals surface area contributed by atoms with Crippen LogP contribution in [-0.4, -0.2) is 0 Å². The van der Waals surface area contributed by atoms with E-state index >= 15 is 0 Å². The smallest absolute Gasteiger partial charge is 0.0196 e. The van der Waals surface area contributed by atoms with Crippen LogP contribution in [0.15, 0.2) is 48.1 Å². The third-order valence-electron chi connectivity index (χ3n) is 3.96. The Morgan fingerprint density at radius 1 is 1.11 bits per heavy atom. The van der Waals surface area contributed by atoms with Crippen molar-refractivity contribution in [2.75, 3.05) is 0 Å². The molecule has 0 aliphatic heterocycles. The number of rotatable bonds is 4. The highest BCUT2D eigenvalue weighted by atomic mass is 14.4. The Kier molecular flexibility index (Phi) is 6.98. The van der Waals surface area contributed by atoms with Gasteiger partial charge in [-0.1, -0.05) is 63.6 Å². The van der Waals surface area contributed by atoms with Crippen LogP contribution in [0.4, 0.5) is 0 Å². The summed E-state index contributed by atoms with van der Waals surface area (Å²) in [5.74, 6) is 0. The Morgan fingerprint density at radius 3 is 2.06 bits per heavy atom. The van der Waals surface area contributed by atoms with Crippen LogP contribution in [0, 0.1) is 5.41 Å². The van der Waals surface area contributed by atoms with Crippen molar-refractivity contribution in [1.82, 2.24) is 0 Å². The van der Waals surface area contributed by atoms with Crippen molar-refractivity contribution in [2.45, 2.75) is 60.3 Å². The van der Waals surface area contributed by atoms with Gasteiger partial charge in [0.1, 0.15) is 0 Å². The van der Waals surface area contributed by atoms with Gasteiger partial charge in [-0.15, -0.1) is 0 Å². The Morgan fingerprint density at radius 2 is 1.67 bits per heavy atom.